The van der Waals surface area contributed by atoms with E-state index in [0.717, 1.165) is 5.56 Å². The fourth-order valence-corrected chi connectivity index (χ4v) is 4.29. The number of benzene rings is 3. The lowest BCUT2D eigenvalue weighted by atomic mass is 10.2. The Labute approximate surface area is 211 Å². The van der Waals surface area contributed by atoms with Crippen LogP contribution in [0.1, 0.15) is 27.0 Å². The van der Waals surface area contributed by atoms with Crippen LogP contribution < -0.4 is 5.32 Å². The van der Waals surface area contributed by atoms with Gasteiger partial charge in [-0.25, -0.2) is 9.48 Å². The number of nitrogens with zero attached hydrogens (tertiary/aromatic N) is 4. The number of carbonyl (C=O) groups excluding carboxylic acids is 2. The Balaban J connectivity index is 1.40. The van der Waals surface area contributed by atoms with E-state index in [1.807, 2.05) is 48.5 Å². The summed E-state index contributed by atoms with van der Waals surface area (Å²) in [5, 5.41) is 25.1. The summed E-state index contributed by atoms with van der Waals surface area (Å²) in [5.41, 5.74) is 2.78. The minimum atomic E-state index is -0.634. The molecule has 0 radical (unpaired) electrons. The summed E-state index contributed by atoms with van der Waals surface area (Å²) in [7, 11) is 0. The number of anilines is 1. The highest BCUT2D eigenvalue weighted by Gasteiger charge is 2.18. The van der Waals surface area contributed by atoms with Crippen molar-refractivity contribution in [2.75, 3.05) is 11.9 Å². The number of nitrogens with one attached hydrogen (secondary N) is 1. The van der Waals surface area contributed by atoms with Crippen LogP contribution in [0.15, 0.2) is 90.0 Å². The van der Waals surface area contributed by atoms with Gasteiger partial charge in [-0.3, -0.25) is 4.79 Å². The first kappa shape index (κ1) is 24.3. The number of ether oxygens (including phenoxy) is 1. The number of amides is 1. The molecule has 4 aromatic rings. The van der Waals surface area contributed by atoms with Gasteiger partial charge in [0.1, 0.15) is 11.6 Å². The quantitative estimate of drug-likeness (QED) is 0.279. The monoisotopic (exact) mass is 493 g/mol. The maximum absolute atomic E-state index is 12.8. The van der Waals surface area contributed by atoms with Crippen molar-refractivity contribution in [3.05, 3.63) is 107 Å². The number of thioether (sulfide) groups is 1. The first-order valence-corrected chi connectivity index (χ1v) is 11.8. The van der Waals surface area contributed by atoms with Crippen LogP contribution in [0.3, 0.4) is 0 Å². The molecule has 36 heavy (non-hydrogen) atoms. The van der Waals surface area contributed by atoms with Gasteiger partial charge in [0.2, 0.25) is 0 Å². The Bertz CT molecular complexity index is 1470. The molecule has 0 aliphatic rings. The molecule has 0 aliphatic carbocycles. The number of esters is 1. The molecule has 1 amide bonds. The number of hydrogen-bond donors (Lipinski definition) is 1. The van der Waals surface area contributed by atoms with Gasteiger partial charge in [0, 0.05) is 10.6 Å². The van der Waals surface area contributed by atoms with Crippen LogP contribution >= 0.6 is 11.8 Å². The maximum Gasteiger partial charge on any atom is 0.339 e. The number of rotatable bonds is 8. The number of carbonyl (C=O) groups is 2. The molecule has 0 saturated heterocycles. The van der Waals surface area contributed by atoms with E-state index in [1.54, 1.807) is 36.4 Å². The Morgan fingerprint density at radius 2 is 1.67 bits per heavy atom. The molecule has 3 aromatic carbocycles. The summed E-state index contributed by atoms with van der Waals surface area (Å²) in [6.45, 7) is -0.529. The summed E-state index contributed by atoms with van der Waals surface area (Å²) in [6, 6.07) is 27.3. The highest BCUT2D eigenvalue weighted by molar-refractivity contribution is 7.98. The molecule has 4 rings (SSSR count). The van der Waals surface area contributed by atoms with Crippen LogP contribution in [0.25, 0.3) is 5.69 Å². The van der Waals surface area contributed by atoms with Crippen molar-refractivity contribution in [1.29, 1.82) is 10.5 Å². The molecule has 176 valence electrons. The van der Waals surface area contributed by atoms with Crippen LogP contribution in [0.4, 0.5) is 5.82 Å². The van der Waals surface area contributed by atoms with Crippen molar-refractivity contribution in [1.82, 2.24) is 9.78 Å². The number of nitriles is 2. The Hall–Kier alpha value is -4.86. The van der Waals surface area contributed by atoms with Crippen molar-refractivity contribution in [2.24, 2.45) is 0 Å². The second kappa shape index (κ2) is 11.5. The molecule has 1 N–H and O–H groups in total. The lowest BCUT2D eigenvalue weighted by Gasteiger charge is -2.11. The third-order valence-electron chi connectivity index (χ3n) is 5.07. The molecule has 1 aromatic heterocycles. The number of para-hydroxylation sites is 1. The molecule has 0 aliphatic heterocycles. The average molecular weight is 494 g/mol. The van der Waals surface area contributed by atoms with E-state index in [0.29, 0.717) is 27.5 Å². The van der Waals surface area contributed by atoms with Crippen molar-refractivity contribution in [3.63, 3.8) is 0 Å². The van der Waals surface area contributed by atoms with E-state index >= 15 is 0 Å². The van der Waals surface area contributed by atoms with Crippen LogP contribution in [-0.2, 0) is 15.3 Å². The fraction of sp³-hybridized carbons (Fsp3) is 0.0741. The predicted molar refractivity (Wildman–Crippen MR) is 134 cm³/mol. The van der Waals surface area contributed by atoms with Gasteiger partial charge >= 0.3 is 5.97 Å². The minimum Gasteiger partial charge on any atom is -0.452 e. The van der Waals surface area contributed by atoms with Gasteiger partial charge in [-0.2, -0.15) is 15.6 Å². The molecule has 0 spiro atoms. The van der Waals surface area contributed by atoms with Crippen LogP contribution in [0.5, 0.6) is 0 Å². The van der Waals surface area contributed by atoms with E-state index < -0.39 is 18.5 Å². The molecule has 0 bridgehead atoms. The highest BCUT2D eigenvalue weighted by Crippen LogP contribution is 2.27. The molecular formula is C27H19N5O3S. The molecule has 0 saturated carbocycles. The lowest BCUT2D eigenvalue weighted by Crippen LogP contribution is -2.23. The predicted octanol–water partition coefficient (Wildman–Crippen LogP) is 4.70. The molecule has 0 fully saturated rings. The average Bonchev–Trinajstić information content (AvgIpc) is 3.33. The van der Waals surface area contributed by atoms with Gasteiger partial charge in [0.05, 0.1) is 29.1 Å². The first-order chi connectivity index (χ1) is 17.6. The van der Waals surface area contributed by atoms with Gasteiger partial charge in [0.15, 0.2) is 12.4 Å². The van der Waals surface area contributed by atoms with Crippen molar-refractivity contribution < 1.29 is 14.3 Å². The lowest BCUT2D eigenvalue weighted by molar-refractivity contribution is -0.119. The van der Waals surface area contributed by atoms with Crippen LogP contribution in [0, 0.1) is 22.7 Å². The Kier molecular flexibility index (Phi) is 7.76. The van der Waals surface area contributed by atoms with Gasteiger partial charge in [0.25, 0.3) is 5.91 Å². The second-order valence-corrected chi connectivity index (χ2v) is 8.50. The Morgan fingerprint density at radius 3 is 2.39 bits per heavy atom. The topological polar surface area (TPSA) is 121 Å². The number of aromatic nitrogens is 2. The first-order valence-electron chi connectivity index (χ1n) is 10.8. The summed E-state index contributed by atoms with van der Waals surface area (Å²) in [6.07, 6.45) is 1.36. The molecule has 8 nitrogen and oxygen atoms in total. The SMILES string of the molecule is N#Cc1ccc(CSc2ccccc2C(=O)OCC(=O)Nc2c(C#N)cnn2-c2ccccc2)cc1. The van der Waals surface area contributed by atoms with Gasteiger partial charge in [-0.1, -0.05) is 42.5 Å². The standard InChI is InChI=1S/C27H19N5O3S/c28-14-19-10-12-20(13-11-19)18-36-24-9-5-4-8-23(24)27(34)35-17-25(33)31-26-21(15-29)16-30-32(26)22-6-2-1-3-7-22/h1-13,16H,17-18H2,(H,31,33). The van der Waals surface area contributed by atoms with E-state index in [-0.39, 0.29) is 11.4 Å². The van der Waals surface area contributed by atoms with E-state index in [9.17, 15) is 14.9 Å². The largest absolute Gasteiger partial charge is 0.452 e. The van der Waals surface area contributed by atoms with Gasteiger partial charge < -0.3 is 10.1 Å². The van der Waals surface area contributed by atoms with Crippen molar-refractivity contribution in [3.8, 4) is 17.8 Å². The van der Waals surface area contributed by atoms with Crippen LogP contribution in [-0.4, -0.2) is 28.3 Å². The zero-order chi connectivity index (χ0) is 25.3. The number of hydrogen-bond acceptors (Lipinski definition) is 7. The summed E-state index contributed by atoms with van der Waals surface area (Å²) in [4.78, 5) is 26.0. The van der Waals surface area contributed by atoms with Gasteiger partial charge in [-0.15, -0.1) is 11.8 Å². The molecule has 1 heterocycles. The summed E-state index contributed by atoms with van der Waals surface area (Å²) in [5.74, 6) is -0.440. The van der Waals surface area contributed by atoms with E-state index in [1.165, 1.54) is 22.6 Å². The highest BCUT2D eigenvalue weighted by atomic mass is 32.2. The summed E-state index contributed by atoms with van der Waals surface area (Å²) >= 11 is 1.45. The zero-order valence-electron chi connectivity index (χ0n) is 18.9. The maximum atomic E-state index is 12.8. The molecule has 9 heteroatoms. The van der Waals surface area contributed by atoms with Crippen LogP contribution in [0.2, 0.25) is 0 Å². The normalized spacial score (nSPS) is 10.2. The minimum absolute atomic E-state index is 0.183. The third kappa shape index (κ3) is 5.79. The van der Waals surface area contributed by atoms with E-state index in [4.69, 9.17) is 10.00 Å². The molecule has 0 unspecified atom stereocenters. The second-order valence-electron chi connectivity index (χ2n) is 7.48. The molecule has 0 atom stereocenters. The van der Waals surface area contributed by atoms with E-state index in [2.05, 4.69) is 16.5 Å². The summed E-state index contributed by atoms with van der Waals surface area (Å²) < 4.78 is 6.71. The van der Waals surface area contributed by atoms with Gasteiger partial charge in [-0.05, 0) is 42.0 Å². The Morgan fingerprint density at radius 1 is 0.944 bits per heavy atom. The van der Waals surface area contributed by atoms with Crippen molar-refractivity contribution in [2.45, 2.75) is 10.6 Å². The molecular weight excluding hydrogens is 474 g/mol. The third-order valence-corrected chi connectivity index (χ3v) is 6.21. The smallest absolute Gasteiger partial charge is 0.339 e. The zero-order valence-corrected chi connectivity index (χ0v) is 19.7. The fourth-order valence-electron chi connectivity index (χ4n) is 3.29. The van der Waals surface area contributed by atoms with Crippen molar-refractivity contribution >= 4 is 29.5 Å².